The van der Waals surface area contributed by atoms with Crippen molar-refractivity contribution in [2.75, 3.05) is 37.3 Å². The maximum absolute atomic E-state index is 12.9. The molecule has 0 radical (unpaired) electrons. The highest BCUT2D eigenvalue weighted by Gasteiger charge is 2.24. The van der Waals surface area contributed by atoms with Crippen LogP contribution in [0.3, 0.4) is 0 Å². The van der Waals surface area contributed by atoms with Crippen LogP contribution in [-0.2, 0) is 5.75 Å². The number of piperazine rings is 1. The summed E-state index contributed by atoms with van der Waals surface area (Å²) in [6.07, 6.45) is 1.93. The second-order valence-corrected chi connectivity index (χ2v) is 7.97. The van der Waals surface area contributed by atoms with E-state index in [4.69, 9.17) is 4.98 Å². The van der Waals surface area contributed by atoms with Gasteiger partial charge in [-0.15, -0.1) is 0 Å². The molecule has 0 bridgehead atoms. The van der Waals surface area contributed by atoms with Crippen LogP contribution in [-0.4, -0.2) is 58.2 Å². The molecule has 1 fully saturated rings. The lowest BCUT2D eigenvalue weighted by molar-refractivity contribution is 0.0740. The van der Waals surface area contributed by atoms with E-state index in [-0.39, 0.29) is 17.2 Å². The number of carbonyl (C=O) groups is 1. The Kier molecular flexibility index (Phi) is 5.53. The highest BCUT2D eigenvalue weighted by Crippen LogP contribution is 2.23. The zero-order valence-electron chi connectivity index (χ0n) is 16.5. The maximum atomic E-state index is 12.9. The Morgan fingerprint density at radius 2 is 1.90 bits per heavy atom. The number of benzene rings is 1. The minimum atomic E-state index is -0.290. The first-order valence-electron chi connectivity index (χ1n) is 9.55. The van der Waals surface area contributed by atoms with Crippen LogP contribution in [0.2, 0.25) is 0 Å². The Bertz CT molecular complexity index is 1110. The second-order valence-electron chi connectivity index (χ2n) is 7.10. The summed E-state index contributed by atoms with van der Waals surface area (Å²) < 4.78 is 0. The van der Waals surface area contributed by atoms with Crippen LogP contribution in [0.25, 0.3) is 10.9 Å². The zero-order valence-corrected chi connectivity index (χ0v) is 17.3. The third-order valence-corrected chi connectivity index (χ3v) is 5.65. The SMILES string of the molecule is CSCc1nc(C(=O)N2CCN(c3cc(C)c4ccccc4n3)CC2)cc(=O)[nH]1. The number of rotatable bonds is 4. The van der Waals surface area contributed by atoms with Crippen molar-refractivity contribution in [1.29, 1.82) is 0 Å². The minimum Gasteiger partial charge on any atom is -0.353 e. The maximum Gasteiger partial charge on any atom is 0.272 e. The van der Waals surface area contributed by atoms with Crippen LogP contribution in [0.15, 0.2) is 41.2 Å². The van der Waals surface area contributed by atoms with Crippen molar-refractivity contribution in [3.8, 4) is 0 Å². The number of thioether (sulfide) groups is 1. The van der Waals surface area contributed by atoms with E-state index in [1.807, 2.05) is 24.5 Å². The van der Waals surface area contributed by atoms with Crippen LogP contribution in [0, 0.1) is 6.92 Å². The molecule has 150 valence electrons. The summed E-state index contributed by atoms with van der Waals surface area (Å²) in [4.78, 5) is 40.5. The van der Waals surface area contributed by atoms with Gasteiger partial charge in [0, 0.05) is 37.6 Å². The van der Waals surface area contributed by atoms with Gasteiger partial charge in [0.1, 0.15) is 17.3 Å². The van der Waals surface area contributed by atoms with E-state index in [0.29, 0.717) is 37.8 Å². The van der Waals surface area contributed by atoms with Crippen LogP contribution in [0.5, 0.6) is 0 Å². The fourth-order valence-corrected chi connectivity index (χ4v) is 4.03. The lowest BCUT2D eigenvalue weighted by Gasteiger charge is -2.35. The van der Waals surface area contributed by atoms with E-state index in [0.717, 1.165) is 16.7 Å². The van der Waals surface area contributed by atoms with Crippen LogP contribution < -0.4 is 10.5 Å². The Labute approximate surface area is 173 Å². The van der Waals surface area contributed by atoms with Crippen LogP contribution >= 0.6 is 11.8 Å². The summed E-state index contributed by atoms with van der Waals surface area (Å²) in [7, 11) is 0. The second kappa shape index (κ2) is 8.24. The number of nitrogens with zero attached hydrogens (tertiary/aromatic N) is 4. The molecule has 3 aromatic rings. The van der Waals surface area contributed by atoms with E-state index in [1.54, 1.807) is 16.7 Å². The van der Waals surface area contributed by atoms with Crippen molar-refractivity contribution in [3.05, 3.63) is 63.8 Å². The Balaban J connectivity index is 1.48. The molecule has 8 heteroatoms. The van der Waals surface area contributed by atoms with E-state index < -0.39 is 0 Å². The summed E-state index contributed by atoms with van der Waals surface area (Å²) in [5, 5.41) is 1.16. The molecule has 4 rings (SSSR count). The molecule has 2 aromatic heterocycles. The minimum absolute atomic E-state index is 0.194. The molecule has 0 spiro atoms. The van der Waals surface area contributed by atoms with Gasteiger partial charge in [-0.05, 0) is 30.9 Å². The normalized spacial score (nSPS) is 14.4. The number of pyridine rings is 1. The van der Waals surface area contributed by atoms with Crippen molar-refractivity contribution in [3.63, 3.8) is 0 Å². The summed E-state index contributed by atoms with van der Waals surface area (Å²) in [5.41, 5.74) is 2.10. The lowest BCUT2D eigenvalue weighted by Crippen LogP contribution is -2.49. The molecular formula is C21H23N5O2S. The first-order chi connectivity index (χ1) is 14.0. The molecule has 1 aromatic carbocycles. The van der Waals surface area contributed by atoms with Gasteiger partial charge in [-0.3, -0.25) is 9.59 Å². The number of carbonyl (C=O) groups excluding carboxylic acids is 1. The fraction of sp³-hybridized carbons (Fsp3) is 0.333. The molecule has 29 heavy (non-hydrogen) atoms. The van der Waals surface area contributed by atoms with E-state index in [2.05, 4.69) is 33.9 Å². The third-order valence-electron chi connectivity index (χ3n) is 5.09. The number of fused-ring (bicyclic) bond motifs is 1. The number of hydrogen-bond donors (Lipinski definition) is 1. The van der Waals surface area contributed by atoms with Crippen molar-refractivity contribution < 1.29 is 4.79 Å². The van der Waals surface area contributed by atoms with Gasteiger partial charge in [-0.2, -0.15) is 11.8 Å². The van der Waals surface area contributed by atoms with Gasteiger partial charge < -0.3 is 14.8 Å². The quantitative estimate of drug-likeness (QED) is 0.713. The summed E-state index contributed by atoms with van der Waals surface area (Å²) in [6, 6.07) is 11.5. The molecule has 0 aliphatic carbocycles. The zero-order chi connectivity index (χ0) is 20.4. The molecule has 0 unspecified atom stereocenters. The number of hydrogen-bond acceptors (Lipinski definition) is 6. The first-order valence-corrected chi connectivity index (χ1v) is 10.9. The fourth-order valence-electron chi connectivity index (χ4n) is 3.62. The number of amides is 1. The summed E-state index contributed by atoms with van der Waals surface area (Å²) in [5.74, 6) is 1.84. The van der Waals surface area contributed by atoms with Gasteiger partial charge in [0.15, 0.2) is 0 Å². The lowest BCUT2D eigenvalue weighted by atomic mass is 10.1. The number of para-hydroxylation sites is 1. The predicted molar refractivity (Wildman–Crippen MR) is 117 cm³/mol. The van der Waals surface area contributed by atoms with Gasteiger partial charge in [0.05, 0.1) is 11.3 Å². The smallest absolute Gasteiger partial charge is 0.272 e. The molecule has 1 aliphatic heterocycles. The van der Waals surface area contributed by atoms with E-state index in [1.165, 1.54) is 11.6 Å². The van der Waals surface area contributed by atoms with Crippen molar-refractivity contribution in [2.24, 2.45) is 0 Å². The van der Waals surface area contributed by atoms with Crippen molar-refractivity contribution in [2.45, 2.75) is 12.7 Å². The largest absolute Gasteiger partial charge is 0.353 e. The van der Waals surface area contributed by atoms with Crippen LogP contribution in [0.4, 0.5) is 5.82 Å². The summed E-state index contributed by atoms with van der Waals surface area (Å²) in [6.45, 7) is 4.62. The van der Waals surface area contributed by atoms with Gasteiger partial charge >= 0.3 is 0 Å². The molecule has 0 atom stereocenters. The van der Waals surface area contributed by atoms with Gasteiger partial charge in [0.2, 0.25) is 0 Å². The third kappa shape index (κ3) is 4.12. The first kappa shape index (κ1) is 19.4. The molecule has 1 amide bonds. The molecule has 3 heterocycles. The number of aromatic amines is 1. The monoisotopic (exact) mass is 409 g/mol. The average molecular weight is 410 g/mol. The molecule has 1 N–H and O–H groups in total. The van der Waals surface area contributed by atoms with Crippen molar-refractivity contribution >= 4 is 34.4 Å². The Morgan fingerprint density at radius 1 is 1.14 bits per heavy atom. The number of nitrogens with one attached hydrogen (secondary N) is 1. The molecule has 0 saturated carbocycles. The molecular weight excluding hydrogens is 386 g/mol. The number of aromatic nitrogens is 3. The van der Waals surface area contributed by atoms with Gasteiger partial charge in [0.25, 0.3) is 11.5 Å². The summed E-state index contributed by atoms with van der Waals surface area (Å²) >= 11 is 1.55. The Morgan fingerprint density at radius 3 is 2.66 bits per heavy atom. The number of H-pyrrole nitrogens is 1. The van der Waals surface area contributed by atoms with Gasteiger partial charge in [-0.25, -0.2) is 9.97 Å². The molecule has 7 nitrogen and oxygen atoms in total. The number of aryl methyl sites for hydroxylation is 1. The average Bonchev–Trinajstić information content (AvgIpc) is 2.73. The number of anilines is 1. The highest BCUT2D eigenvalue weighted by molar-refractivity contribution is 7.97. The van der Waals surface area contributed by atoms with Gasteiger partial charge in [-0.1, -0.05) is 18.2 Å². The Hall–Kier alpha value is -2.87. The highest BCUT2D eigenvalue weighted by atomic mass is 32.2. The molecule has 1 aliphatic rings. The van der Waals surface area contributed by atoms with E-state index in [9.17, 15) is 9.59 Å². The predicted octanol–water partition coefficient (Wildman–Crippen LogP) is 2.45. The van der Waals surface area contributed by atoms with E-state index >= 15 is 0 Å². The van der Waals surface area contributed by atoms with Crippen molar-refractivity contribution in [1.82, 2.24) is 19.9 Å². The topological polar surface area (TPSA) is 82.2 Å². The van der Waals surface area contributed by atoms with Crippen LogP contribution in [0.1, 0.15) is 21.9 Å². The standard InChI is InChI=1S/C21H23N5O2S/c1-14-11-19(23-16-6-4-3-5-15(14)16)25-7-9-26(10-8-25)21(28)17-12-20(27)24-18(22-17)13-29-2/h3-6,11-12H,7-10,13H2,1-2H3,(H,22,24,27). The molecule has 1 saturated heterocycles.